The van der Waals surface area contributed by atoms with Gasteiger partial charge < -0.3 is 0 Å². The summed E-state index contributed by atoms with van der Waals surface area (Å²) in [4.78, 5) is 21.8. The van der Waals surface area contributed by atoms with Crippen LogP contribution in [0.2, 0.25) is 0 Å². The minimum absolute atomic E-state index is 0.0392. The summed E-state index contributed by atoms with van der Waals surface area (Å²) >= 11 is 1.20. The molecule has 0 aliphatic carbocycles. The predicted octanol–water partition coefficient (Wildman–Crippen LogP) is 2.43. The van der Waals surface area contributed by atoms with Crippen LogP contribution in [-0.2, 0) is 15.3 Å². The quantitative estimate of drug-likeness (QED) is 0.713. The van der Waals surface area contributed by atoms with Crippen molar-refractivity contribution in [2.75, 3.05) is 0 Å². The van der Waals surface area contributed by atoms with E-state index in [1.54, 1.807) is 0 Å². The monoisotopic (exact) mass is 208 g/mol. The molecular formula is C11H12O2S. The Balaban J connectivity index is 2.34. The molecule has 0 saturated heterocycles. The summed E-state index contributed by atoms with van der Waals surface area (Å²) < 4.78 is 0. The number of carbonyl (C=O) groups excluding carboxylic acids is 2. The third kappa shape index (κ3) is 4.23. The van der Waals surface area contributed by atoms with E-state index in [2.05, 4.69) is 0 Å². The van der Waals surface area contributed by atoms with Gasteiger partial charge in [0.1, 0.15) is 5.78 Å². The molecule has 1 aromatic rings. The van der Waals surface area contributed by atoms with Gasteiger partial charge in [-0.3, -0.25) is 9.59 Å². The van der Waals surface area contributed by atoms with Crippen LogP contribution >= 0.6 is 11.8 Å². The van der Waals surface area contributed by atoms with Crippen molar-refractivity contribution in [2.45, 2.75) is 19.1 Å². The molecule has 0 saturated carbocycles. The van der Waals surface area contributed by atoms with Gasteiger partial charge in [-0.25, -0.2) is 0 Å². The highest BCUT2D eigenvalue weighted by Crippen LogP contribution is 2.14. The van der Waals surface area contributed by atoms with Gasteiger partial charge >= 0.3 is 0 Å². The summed E-state index contributed by atoms with van der Waals surface area (Å²) in [5.74, 6) is 0.572. The smallest absolute Gasteiger partial charge is 0.196 e. The van der Waals surface area contributed by atoms with Crippen LogP contribution < -0.4 is 0 Å². The topological polar surface area (TPSA) is 34.1 Å². The van der Waals surface area contributed by atoms with Gasteiger partial charge in [-0.2, -0.15) is 0 Å². The van der Waals surface area contributed by atoms with Gasteiger partial charge in [0.15, 0.2) is 5.12 Å². The van der Waals surface area contributed by atoms with E-state index in [1.807, 2.05) is 30.3 Å². The summed E-state index contributed by atoms with van der Waals surface area (Å²) in [7, 11) is 0. The van der Waals surface area contributed by atoms with Crippen molar-refractivity contribution in [1.82, 2.24) is 0 Å². The lowest BCUT2D eigenvalue weighted by molar-refractivity contribution is -0.121. The third-order valence-corrected chi connectivity index (χ3v) is 2.58. The standard InChI is InChI=1S/C11H12O2S/c1-9(12)7-11(13)14-8-10-5-3-2-4-6-10/h2-6H,7-8H2,1H3. The van der Waals surface area contributed by atoms with E-state index >= 15 is 0 Å². The maximum Gasteiger partial charge on any atom is 0.196 e. The number of rotatable bonds is 4. The zero-order chi connectivity index (χ0) is 10.4. The van der Waals surface area contributed by atoms with E-state index in [0.717, 1.165) is 5.56 Å². The third-order valence-electron chi connectivity index (χ3n) is 1.64. The van der Waals surface area contributed by atoms with Gasteiger partial charge in [-0.05, 0) is 12.5 Å². The lowest BCUT2D eigenvalue weighted by atomic mass is 10.2. The van der Waals surface area contributed by atoms with Crippen molar-refractivity contribution in [1.29, 1.82) is 0 Å². The molecule has 0 aliphatic heterocycles. The molecule has 3 heteroatoms. The first-order valence-corrected chi connectivity index (χ1v) is 5.36. The molecule has 14 heavy (non-hydrogen) atoms. The fraction of sp³-hybridized carbons (Fsp3) is 0.273. The van der Waals surface area contributed by atoms with Crippen LogP contribution in [0.4, 0.5) is 0 Å². The maximum absolute atomic E-state index is 11.2. The summed E-state index contributed by atoms with van der Waals surface area (Å²) in [6.45, 7) is 1.43. The Morgan fingerprint density at radius 1 is 1.21 bits per heavy atom. The number of Topliss-reactive ketones (excluding diaryl/α,β-unsaturated/α-hetero) is 1. The van der Waals surface area contributed by atoms with Crippen LogP contribution in [0.5, 0.6) is 0 Å². The van der Waals surface area contributed by atoms with Crippen molar-refractivity contribution >= 4 is 22.7 Å². The van der Waals surface area contributed by atoms with Crippen molar-refractivity contribution < 1.29 is 9.59 Å². The number of carbonyl (C=O) groups is 2. The molecule has 0 N–H and O–H groups in total. The first-order chi connectivity index (χ1) is 6.68. The zero-order valence-corrected chi connectivity index (χ0v) is 8.84. The Kier molecular flexibility index (Phi) is 4.40. The van der Waals surface area contributed by atoms with Gasteiger partial charge in [-0.15, -0.1) is 0 Å². The van der Waals surface area contributed by atoms with E-state index in [0.29, 0.717) is 5.75 Å². The van der Waals surface area contributed by atoms with E-state index in [9.17, 15) is 9.59 Å². The summed E-state index contributed by atoms with van der Waals surface area (Å²) in [6, 6.07) is 9.74. The highest BCUT2D eigenvalue weighted by atomic mass is 32.2. The second-order valence-corrected chi connectivity index (χ2v) is 4.06. The minimum Gasteiger partial charge on any atom is -0.300 e. The number of ketones is 1. The Bertz CT molecular complexity index is 319. The summed E-state index contributed by atoms with van der Waals surface area (Å²) in [5, 5.41) is -0.0543. The lowest BCUT2D eigenvalue weighted by Crippen LogP contribution is -1.99. The molecule has 0 atom stereocenters. The molecular weight excluding hydrogens is 196 g/mol. The summed E-state index contributed by atoms with van der Waals surface area (Å²) in [5.41, 5.74) is 1.11. The Morgan fingerprint density at radius 2 is 1.86 bits per heavy atom. The van der Waals surface area contributed by atoms with Gasteiger partial charge in [0.05, 0.1) is 6.42 Å². The molecule has 1 rings (SSSR count). The second-order valence-electron chi connectivity index (χ2n) is 3.03. The van der Waals surface area contributed by atoms with Gasteiger partial charge in [0, 0.05) is 5.75 Å². The molecule has 0 unspecified atom stereocenters. The molecule has 0 bridgehead atoms. The molecule has 0 amide bonds. The van der Waals surface area contributed by atoms with E-state index in [1.165, 1.54) is 18.7 Å². The van der Waals surface area contributed by atoms with Crippen LogP contribution in [0.15, 0.2) is 30.3 Å². The van der Waals surface area contributed by atoms with Gasteiger partial charge in [0.25, 0.3) is 0 Å². The van der Waals surface area contributed by atoms with Crippen LogP contribution in [0.25, 0.3) is 0 Å². The first kappa shape index (κ1) is 11.0. The molecule has 0 aromatic heterocycles. The average molecular weight is 208 g/mol. The van der Waals surface area contributed by atoms with Gasteiger partial charge in [-0.1, -0.05) is 42.1 Å². The molecule has 0 fully saturated rings. The molecule has 0 aliphatic rings. The Morgan fingerprint density at radius 3 is 2.43 bits per heavy atom. The summed E-state index contributed by atoms with van der Waals surface area (Å²) in [6.07, 6.45) is 0.0392. The van der Waals surface area contributed by atoms with Crippen LogP contribution in [0, 0.1) is 0 Å². The highest BCUT2D eigenvalue weighted by molar-refractivity contribution is 8.13. The molecule has 0 radical (unpaired) electrons. The fourth-order valence-electron chi connectivity index (χ4n) is 0.992. The van der Waals surface area contributed by atoms with Crippen LogP contribution in [0.1, 0.15) is 18.9 Å². The maximum atomic E-state index is 11.2. The molecule has 74 valence electrons. The number of hydrogen-bond donors (Lipinski definition) is 0. The second kappa shape index (κ2) is 5.60. The predicted molar refractivity (Wildman–Crippen MR) is 58.0 cm³/mol. The van der Waals surface area contributed by atoms with Crippen molar-refractivity contribution in [3.8, 4) is 0 Å². The van der Waals surface area contributed by atoms with E-state index in [-0.39, 0.29) is 17.3 Å². The zero-order valence-electron chi connectivity index (χ0n) is 8.03. The molecule has 0 spiro atoms. The fourth-order valence-corrected chi connectivity index (χ4v) is 1.82. The lowest BCUT2D eigenvalue weighted by Gasteiger charge is -1.98. The highest BCUT2D eigenvalue weighted by Gasteiger charge is 2.05. The Labute approximate surface area is 87.7 Å². The molecule has 0 heterocycles. The normalized spacial score (nSPS) is 9.79. The minimum atomic E-state index is -0.0736. The van der Waals surface area contributed by atoms with Crippen molar-refractivity contribution in [3.05, 3.63) is 35.9 Å². The largest absolute Gasteiger partial charge is 0.300 e. The van der Waals surface area contributed by atoms with Crippen LogP contribution in [-0.4, -0.2) is 10.9 Å². The SMILES string of the molecule is CC(=O)CC(=O)SCc1ccccc1. The van der Waals surface area contributed by atoms with Gasteiger partial charge in [0.2, 0.25) is 0 Å². The van der Waals surface area contributed by atoms with E-state index in [4.69, 9.17) is 0 Å². The average Bonchev–Trinajstić information content (AvgIpc) is 2.15. The van der Waals surface area contributed by atoms with E-state index < -0.39 is 0 Å². The van der Waals surface area contributed by atoms with Crippen molar-refractivity contribution in [3.63, 3.8) is 0 Å². The number of benzene rings is 1. The number of thioether (sulfide) groups is 1. The first-order valence-electron chi connectivity index (χ1n) is 4.37. The molecule has 2 nitrogen and oxygen atoms in total. The molecule has 1 aromatic carbocycles. The van der Waals surface area contributed by atoms with Crippen LogP contribution in [0.3, 0.4) is 0 Å². The Hall–Kier alpha value is -1.09. The van der Waals surface area contributed by atoms with Crippen molar-refractivity contribution in [2.24, 2.45) is 0 Å². The number of hydrogen-bond acceptors (Lipinski definition) is 3.